The van der Waals surface area contributed by atoms with Crippen LogP contribution >= 0.6 is 0 Å². The maximum absolute atomic E-state index is 11.9. The molecule has 0 radical (unpaired) electrons. The quantitative estimate of drug-likeness (QED) is 0.751. The molecule has 0 amide bonds. The van der Waals surface area contributed by atoms with Crippen LogP contribution in [0.4, 0.5) is 6.01 Å². The van der Waals surface area contributed by atoms with Gasteiger partial charge in [0.05, 0.1) is 10.9 Å². The largest absolute Gasteiger partial charge is 0.424 e. The molecule has 23 heavy (non-hydrogen) atoms. The normalized spacial score (nSPS) is 13.1. The first-order valence-electron chi connectivity index (χ1n) is 7.15. The third kappa shape index (κ3) is 3.20. The molecule has 0 fully saturated rings. The zero-order valence-corrected chi connectivity index (χ0v) is 13.6. The van der Waals surface area contributed by atoms with Crippen molar-refractivity contribution in [3.63, 3.8) is 0 Å². The Labute approximate surface area is 134 Å². The topological polar surface area (TPSA) is 84.2 Å². The van der Waals surface area contributed by atoms with E-state index < -0.39 is 10.0 Å². The summed E-state index contributed by atoms with van der Waals surface area (Å²) in [6.07, 6.45) is 0. The number of hydrogen-bond donors (Lipinski definition) is 2. The number of anilines is 1. The number of benzene rings is 2. The fourth-order valence-corrected chi connectivity index (χ4v) is 3.06. The van der Waals surface area contributed by atoms with Gasteiger partial charge in [0.25, 0.3) is 6.01 Å². The summed E-state index contributed by atoms with van der Waals surface area (Å²) in [5.74, 6) is 0. The van der Waals surface area contributed by atoms with E-state index in [1.54, 1.807) is 18.2 Å². The van der Waals surface area contributed by atoms with Crippen LogP contribution in [0.15, 0.2) is 57.8 Å². The highest BCUT2D eigenvalue weighted by molar-refractivity contribution is 7.89. The molecule has 0 saturated heterocycles. The first-order chi connectivity index (χ1) is 11.0. The minimum Gasteiger partial charge on any atom is -0.424 e. The molecule has 0 spiro atoms. The van der Waals surface area contributed by atoms with Crippen molar-refractivity contribution in [2.75, 3.05) is 12.4 Å². The first kappa shape index (κ1) is 15.5. The van der Waals surface area contributed by atoms with E-state index in [1.807, 2.05) is 37.3 Å². The van der Waals surface area contributed by atoms with Gasteiger partial charge in [-0.1, -0.05) is 24.3 Å². The van der Waals surface area contributed by atoms with Gasteiger partial charge >= 0.3 is 0 Å². The molecule has 6 nitrogen and oxygen atoms in total. The van der Waals surface area contributed by atoms with Crippen molar-refractivity contribution in [3.8, 4) is 0 Å². The first-order valence-corrected chi connectivity index (χ1v) is 8.63. The fraction of sp³-hybridized carbons (Fsp3) is 0.188. The second-order valence-corrected chi connectivity index (χ2v) is 7.02. The average molecular weight is 331 g/mol. The van der Waals surface area contributed by atoms with Crippen molar-refractivity contribution in [1.29, 1.82) is 0 Å². The molecule has 0 saturated carbocycles. The molecule has 0 bridgehead atoms. The highest BCUT2D eigenvalue weighted by Crippen LogP contribution is 2.24. The molecule has 1 aromatic heterocycles. The molecule has 0 aliphatic carbocycles. The molecule has 3 rings (SSSR count). The maximum Gasteiger partial charge on any atom is 0.296 e. The number of rotatable bonds is 5. The van der Waals surface area contributed by atoms with Crippen LogP contribution in [-0.4, -0.2) is 20.4 Å². The lowest BCUT2D eigenvalue weighted by atomic mass is 10.1. The van der Waals surface area contributed by atoms with Crippen LogP contribution in [0.1, 0.15) is 18.5 Å². The van der Waals surface area contributed by atoms with Crippen molar-refractivity contribution in [1.82, 2.24) is 9.71 Å². The molecule has 120 valence electrons. The summed E-state index contributed by atoms with van der Waals surface area (Å²) in [6.45, 7) is 1.92. The van der Waals surface area contributed by atoms with Crippen molar-refractivity contribution in [2.24, 2.45) is 0 Å². The Balaban J connectivity index is 1.85. The van der Waals surface area contributed by atoms with Crippen molar-refractivity contribution in [2.45, 2.75) is 17.9 Å². The van der Waals surface area contributed by atoms with Gasteiger partial charge in [-0.25, -0.2) is 13.1 Å². The van der Waals surface area contributed by atoms with Crippen LogP contribution < -0.4 is 10.0 Å². The van der Waals surface area contributed by atoms with E-state index in [1.165, 1.54) is 7.05 Å². The molecule has 2 aromatic carbocycles. The smallest absolute Gasteiger partial charge is 0.296 e. The van der Waals surface area contributed by atoms with Gasteiger partial charge < -0.3 is 9.73 Å². The minimum absolute atomic E-state index is 0.157. The van der Waals surface area contributed by atoms with Crippen molar-refractivity contribution >= 4 is 27.1 Å². The second-order valence-electron chi connectivity index (χ2n) is 5.13. The molecule has 1 unspecified atom stereocenters. The summed E-state index contributed by atoms with van der Waals surface area (Å²) in [6, 6.07) is 14.5. The molecule has 0 aliphatic rings. The molecule has 2 N–H and O–H groups in total. The van der Waals surface area contributed by atoms with E-state index in [2.05, 4.69) is 15.0 Å². The Kier molecular flexibility index (Phi) is 4.06. The van der Waals surface area contributed by atoms with Gasteiger partial charge in [0.15, 0.2) is 5.58 Å². The van der Waals surface area contributed by atoms with Gasteiger partial charge in [-0.2, -0.15) is 4.98 Å². The minimum atomic E-state index is -3.46. The average Bonchev–Trinajstić information content (AvgIpc) is 2.97. The lowest BCUT2D eigenvalue weighted by molar-refractivity contribution is 0.588. The van der Waals surface area contributed by atoms with E-state index in [-0.39, 0.29) is 10.9 Å². The zero-order chi connectivity index (χ0) is 16.4. The molecule has 0 aliphatic heterocycles. The van der Waals surface area contributed by atoms with Gasteiger partial charge in [0.1, 0.15) is 5.52 Å². The number of oxazole rings is 1. The number of para-hydroxylation sites is 2. The van der Waals surface area contributed by atoms with Gasteiger partial charge in [-0.15, -0.1) is 0 Å². The number of fused-ring (bicyclic) bond motifs is 1. The number of nitrogens with zero attached hydrogens (tertiary/aromatic N) is 1. The monoisotopic (exact) mass is 331 g/mol. The Bertz CT molecular complexity index is 901. The SMILES string of the molecule is CNS(=O)(=O)c1cccc(C(C)Nc2nc3ccccc3o2)c1. The van der Waals surface area contributed by atoms with Crippen molar-refractivity contribution in [3.05, 3.63) is 54.1 Å². The second kappa shape index (κ2) is 6.02. The fourth-order valence-electron chi connectivity index (χ4n) is 2.27. The Morgan fingerprint density at radius 1 is 1.13 bits per heavy atom. The summed E-state index contributed by atoms with van der Waals surface area (Å²) in [7, 11) is -2.07. The molecular formula is C16H17N3O3S. The van der Waals surface area contributed by atoms with Crippen LogP contribution in [0.25, 0.3) is 11.1 Å². The van der Waals surface area contributed by atoms with Crippen LogP contribution in [0.5, 0.6) is 0 Å². The maximum atomic E-state index is 11.9. The van der Waals surface area contributed by atoms with Crippen LogP contribution in [0.2, 0.25) is 0 Å². The summed E-state index contributed by atoms with van der Waals surface area (Å²) in [5.41, 5.74) is 2.30. The molecule has 1 heterocycles. The van der Waals surface area contributed by atoms with Gasteiger partial charge in [-0.05, 0) is 43.8 Å². The summed E-state index contributed by atoms with van der Waals surface area (Å²) >= 11 is 0. The third-order valence-electron chi connectivity index (χ3n) is 3.57. The highest BCUT2D eigenvalue weighted by atomic mass is 32.2. The van der Waals surface area contributed by atoms with E-state index >= 15 is 0 Å². The lowest BCUT2D eigenvalue weighted by Crippen LogP contribution is -2.19. The summed E-state index contributed by atoms with van der Waals surface area (Å²) in [4.78, 5) is 4.58. The zero-order valence-electron chi connectivity index (χ0n) is 12.8. The van der Waals surface area contributed by atoms with Gasteiger partial charge in [0, 0.05) is 0 Å². The van der Waals surface area contributed by atoms with E-state index in [0.29, 0.717) is 11.6 Å². The van der Waals surface area contributed by atoms with Crippen LogP contribution in [0.3, 0.4) is 0 Å². The van der Waals surface area contributed by atoms with Gasteiger partial charge in [0.2, 0.25) is 10.0 Å². The molecule has 3 aromatic rings. The number of nitrogens with one attached hydrogen (secondary N) is 2. The highest BCUT2D eigenvalue weighted by Gasteiger charge is 2.15. The summed E-state index contributed by atoms with van der Waals surface area (Å²) < 4.78 is 31.7. The van der Waals surface area contributed by atoms with Crippen LogP contribution in [-0.2, 0) is 10.0 Å². The van der Waals surface area contributed by atoms with E-state index in [9.17, 15) is 8.42 Å². The molecule has 1 atom stereocenters. The number of hydrogen-bond acceptors (Lipinski definition) is 5. The Hall–Kier alpha value is -2.38. The van der Waals surface area contributed by atoms with E-state index in [4.69, 9.17) is 4.42 Å². The lowest BCUT2D eigenvalue weighted by Gasteiger charge is -2.13. The third-order valence-corrected chi connectivity index (χ3v) is 4.98. The Morgan fingerprint density at radius 3 is 2.65 bits per heavy atom. The predicted octanol–water partition coefficient (Wildman–Crippen LogP) is 2.91. The number of aromatic nitrogens is 1. The van der Waals surface area contributed by atoms with Gasteiger partial charge in [-0.3, -0.25) is 0 Å². The molecular weight excluding hydrogens is 314 g/mol. The molecule has 7 heteroatoms. The standard InChI is InChI=1S/C16H17N3O3S/c1-11(12-6-5-7-13(10-12)23(20,21)17-2)18-16-19-14-8-3-4-9-15(14)22-16/h3-11,17H,1-2H3,(H,18,19). The van der Waals surface area contributed by atoms with E-state index in [0.717, 1.165) is 11.1 Å². The van der Waals surface area contributed by atoms with Crippen molar-refractivity contribution < 1.29 is 12.8 Å². The number of sulfonamides is 1. The van der Waals surface area contributed by atoms with Crippen LogP contribution in [0, 0.1) is 0 Å². The summed E-state index contributed by atoms with van der Waals surface area (Å²) in [5, 5.41) is 3.15. The predicted molar refractivity (Wildman–Crippen MR) is 88.7 cm³/mol. The Morgan fingerprint density at radius 2 is 1.91 bits per heavy atom.